The number of hydrogen-bond donors (Lipinski definition) is 0. The van der Waals surface area contributed by atoms with Gasteiger partial charge in [0.05, 0.1) is 6.10 Å². The molecule has 3 rings (SSSR count). The van der Waals surface area contributed by atoms with Crippen molar-refractivity contribution in [2.45, 2.75) is 25.2 Å². The molecule has 0 saturated carbocycles. The molecule has 1 saturated heterocycles. The lowest BCUT2D eigenvalue weighted by molar-refractivity contribution is 0.0748. The molecule has 1 amide bonds. The van der Waals surface area contributed by atoms with Gasteiger partial charge in [0, 0.05) is 30.3 Å². The molecule has 1 unspecified atom stereocenters. The third-order valence-corrected chi connectivity index (χ3v) is 5.10. The summed E-state index contributed by atoms with van der Waals surface area (Å²) in [6, 6.07) is 14.0. The predicted octanol–water partition coefficient (Wildman–Crippen LogP) is 3.80. The van der Waals surface area contributed by atoms with Gasteiger partial charge in [0.2, 0.25) is 0 Å². The average molecular weight is 342 g/mol. The van der Waals surface area contributed by atoms with Gasteiger partial charge in [-0.2, -0.15) is 11.8 Å². The highest BCUT2D eigenvalue weighted by atomic mass is 32.2. The van der Waals surface area contributed by atoms with Gasteiger partial charge in [0.1, 0.15) is 0 Å². The number of hydrogen-bond acceptors (Lipinski definition) is 4. The smallest absolute Gasteiger partial charge is 0.276 e. The third-order valence-electron chi connectivity index (χ3n) is 3.86. The van der Waals surface area contributed by atoms with E-state index in [4.69, 9.17) is 4.74 Å². The molecule has 24 heavy (non-hydrogen) atoms. The second-order valence-electron chi connectivity index (χ2n) is 6.04. The SMILES string of the molecule is CC(C)Oc1cccnc1C(=O)N1CCSC(c2ccccc2)C1. The molecule has 0 spiro atoms. The van der Waals surface area contributed by atoms with Crippen molar-refractivity contribution < 1.29 is 9.53 Å². The van der Waals surface area contributed by atoms with Crippen LogP contribution in [0.15, 0.2) is 48.7 Å². The zero-order valence-corrected chi connectivity index (χ0v) is 14.8. The molecule has 2 aromatic rings. The molecule has 4 nitrogen and oxygen atoms in total. The Hall–Kier alpha value is -2.01. The average Bonchev–Trinajstić information content (AvgIpc) is 2.62. The van der Waals surface area contributed by atoms with Crippen molar-refractivity contribution in [1.29, 1.82) is 0 Å². The molecule has 0 radical (unpaired) electrons. The zero-order chi connectivity index (χ0) is 16.9. The van der Waals surface area contributed by atoms with Gasteiger partial charge < -0.3 is 9.64 Å². The van der Waals surface area contributed by atoms with E-state index in [-0.39, 0.29) is 12.0 Å². The van der Waals surface area contributed by atoms with E-state index in [0.29, 0.717) is 23.2 Å². The number of aromatic nitrogens is 1. The second-order valence-corrected chi connectivity index (χ2v) is 7.35. The maximum atomic E-state index is 13.0. The van der Waals surface area contributed by atoms with Crippen LogP contribution in [-0.2, 0) is 0 Å². The summed E-state index contributed by atoms with van der Waals surface area (Å²) in [5.41, 5.74) is 1.67. The number of thioether (sulfide) groups is 1. The summed E-state index contributed by atoms with van der Waals surface area (Å²) >= 11 is 1.90. The number of carbonyl (C=O) groups excluding carboxylic acids is 1. The molecule has 126 valence electrons. The van der Waals surface area contributed by atoms with Crippen LogP contribution < -0.4 is 4.74 Å². The van der Waals surface area contributed by atoms with Gasteiger partial charge in [0.15, 0.2) is 11.4 Å². The van der Waals surface area contributed by atoms with Crippen LogP contribution in [0.4, 0.5) is 0 Å². The molecule has 0 bridgehead atoms. The molecule has 2 heterocycles. The van der Waals surface area contributed by atoms with Crippen LogP contribution in [0.1, 0.15) is 35.1 Å². The van der Waals surface area contributed by atoms with Crippen LogP contribution in [0.2, 0.25) is 0 Å². The summed E-state index contributed by atoms with van der Waals surface area (Å²) in [7, 11) is 0. The van der Waals surface area contributed by atoms with Crippen LogP contribution in [-0.4, -0.2) is 40.7 Å². The number of rotatable bonds is 4. The maximum absolute atomic E-state index is 13.0. The zero-order valence-electron chi connectivity index (χ0n) is 14.0. The van der Waals surface area contributed by atoms with Crippen molar-refractivity contribution in [2.24, 2.45) is 0 Å². The second kappa shape index (κ2) is 7.71. The summed E-state index contributed by atoms with van der Waals surface area (Å²) in [5, 5.41) is 0.307. The number of ether oxygens (including phenoxy) is 1. The Kier molecular flexibility index (Phi) is 5.41. The first kappa shape index (κ1) is 16.8. The molecule has 0 aliphatic carbocycles. The molecule has 1 aromatic heterocycles. The van der Waals surface area contributed by atoms with Gasteiger partial charge in [-0.3, -0.25) is 4.79 Å². The minimum atomic E-state index is -0.0486. The standard InChI is InChI=1S/C19H22N2O2S/c1-14(2)23-16-9-6-10-20-18(16)19(22)21-11-12-24-17(13-21)15-7-4-3-5-8-15/h3-10,14,17H,11-13H2,1-2H3. The van der Waals surface area contributed by atoms with Crippen molar-refractivity contribution in [3.63, 3.8) is 0 Å². The lowest BCUT2D eigenvalue weighted by Gasteiger charge is -2.32. The lowest BCUT2D eigenvalue weighted by atomic mass is 10.1. The fourth-order valence-corrected chi connectivity index (χ4v) is 4.00. The van der Waals surface area contributed by atoms with Gasteiger partial charge in [-0.05, 0) is 31.5 Å². The van der Waals surface area contributed by atoms with E-state index in [2.05, 4.69) is 17.1 Å². The van der Waals surface area contributed by atoms with Gasteiger partial charge in [-0.25, -0.2) is 4.98 Å². The topological polar surface area (TPSA) is 42.4 Å². The molecule has 1 aliphatic rings. The minimum absolute atomic E-state index is 0.00901. The van der Waals surface area contributed by atoms with Crippen LogP contribution in [0, 0.1) is 0 Å². The summed E-state index contributed by atoms with van der Waals surface area (Å²) < 4.78 is 5.75. The Morgan fingerprint density at radius 2 is 2.04 bits per heavy atom. The summed E-state index contributed by atoms with van der Waals surface area (Å²) in [4.78, 5) is 19.1. The van der Waals surface area contributed by atoms with E-state index in [1.54, 1.807) is 12.3 Å². The number of amides is 1. The van der Waals surface area contributed by atoms with Crippen LogP contribution >= 0.6 is 11.8 Å². The highest BCUT2D eigenvalue weighted by Crippen LogP contribution is 2.34. The normalized spacial score (nSPS) is 17.8. The number of benzene rings is 1. The largest absolute Gasteiger partial charge is 0.489 e. The first-order valence-electron chi connectivity index (χ1n) is 8.22. The number of carbonyl (C=O) groups is 1. The summed E-state index contributed by atoms with van der Waals surface area (Å²) in [6.45, 7) is 5.34. The predicted molar refractivity (Wildman–Crippen MR) is 97.5 cm³/mol. The van der Waals surface area contributed by atoms with E-state index >= 15 is 0 Å². The van der Waals surface area contributed by atoms with Gasteiger partial charge in [-0.1, -0.05) is 30.3 Å². The van der Waals surface area contributed by atoms with E-state index in [1.165, 1.54) is 5.56 Å². The molecule has 0 N–H and O–H groups in total. The fourth-order valence-electron chi connectivity index (χ4n) is 2.75. The first-order valence-corrected chi connectivity index (χ1v) is 9.27. The monoisotopic (exact) mass is 342 g/mol. The first-order chi connectivity index (χ1) is 11.6. The Bertz CT molecular complexity index is 691. The van der Waals surface area contributed by atoms with Gasteiger partial charge in [-0.15, -0.1) is 0 Å². The van der Waals surface area contributed by atoms with Gasteiger partial charge >= 0.3 is 0 Å². The Morgan fingerprint density at radius 3 is 2.79 bits per heavy atom. The van der Waals surface area contributed by atoms with Crippen molar-refractivity contribution >= 4 is 17.7 Å². The lowest BCUT2D eigenvalue weighted by Crippen LogP contribution is -2.39. The molecule has 5 heteroatoms. The van der Waals surface area contributed by atoms with Crippen LogP contribution in [0.25, 0.3) is 0 Å². The number of pyridine rings is 1. The van der Waals surface area contributed by atoms with E-state index in [0.717, 1.165) is 12.3 Å². The Morgan fingerprint density at radius 1 is 1.25 bits per heavy atom. The van der Waals surface area contributed by atoms with Crippen LogP contribution in [0.3, 0.4) is 0 Å². The molecular formula is C19H22N2O2S. The fraction of sp³-hybridized carbons (Fsp3) is 0.368. The molecule has 1 fully saturated rings. The third kappa shape index (κ3) is 3.90. The summed E-state index contributed by atoms with van der Waals surface area (Å²) in [6.07, 6.45) is 1.66. The highest BCUT2D eigenvalue weighted by Gasteiger charge is 2.28. The van der Waals surface area contributed by atoms with E-state index in [1.807, 2.05) is 54.8 Å². The Balaban J connectivity index is 1.78. The van der Waals surface area contributed by atoms with E-state index < -0.39 is 0 Å². The highest BCUT2D eigenvalue weighted by molar-refractivity contribution is 7.99. The van der Waals surface area contributed by atoms with E-state index in [9.17, 15) is 4.79 Å². The molecule has 1 aromatic carbocycles. The van der Waals surface area contributed by atoms with Crippen molar-refractivity contribution in [2.75, 3.05) is 18.8 Å². The van der Waals surface area contributed by atoms with Crippen molar-refractivity contribution in [3.8, 4) is 5.75 Å². The molecule has 1 atom stereocenters. The maximum Gasteiger partial charge on any atom is 0.276 e. The Labute approximate surface area is 147 Å². The quantitative estimate of drug-likeness (QED) is 0.847. The summed E-state index contributed by atoms with van der Waals surface area (Å²) in [5.74, 6) is 1.44. The molecular weight excluding hydrogens is 320 g/mol. The van der Waals surface area contributed by atoms with Crippen LogP contribution in [0.5, 0.6) is 5.75 Å². The minimum Gasteiger partial charge on any atom is -0.489 e. The van der Waals surface area contributed by atoms with Gasteiger partial charge in [0.25, 0.3) is 5.91 Å². The van der Waals surface area contributed by atoms with Crippen molar-refractivity contribution in [3.05, 3.63) is 59.9 Å². The van der Waals surface area contributed by atoms with Crippen molar-refractivity contribution in [1.82, 2.24) is 9.88 Å². The number of nitrogens with zero attached hydrogens (tertiary/aromatic N) is 2. The molecule has 1 aliphatic heterocycles.